The molecule has 0 aliphatic carbocycles. The first kappa shape index (κ1) is 21.6. The maximum absolute atomic E-state index is 13.1. The van der Waals surface area contributed by atoms with E-state index in [1.165, 1.54) is 0 Å². The van der Waals surface area contributed by atoms with E-state index in [0.717, 1.165) is 49.3 Å². The number of imidazole rings is 1. The third-order valence-corrected chi connectivity index (χ3v) is 5.47. The predicted octanol–water partition coefficient (Wildman–Crippen LogP) is 4.04. The van der Waals surface area contributed by atoms with Gasteiger partial charge in [0.2, 0.25) is 0 Å². The van der Waals surface area contributed by atoms with Crippen molar-refractivity contribution in [2.75, 3.05) is 18.5 Å². The number of nitrogens with zero attached hydrogens (tertiary/aromatic N) is 2. The largest absolute Gasteiger partial charge is 0.484 e. The predicted molar refractivity (Wildman–Crippen MR) is 124 cm³/mol. The number of rotatable bonds is 7. The van der Waals surface area contributed by atoms with Crippen LogP contribution in [-0.2, 0) is 17.8 Å². The van der Waals surface area contributed by atoms with Gasteiger partial charge in [-0.05, 0) is 50.5 Å². The number of hydrogen-bond acceptors (Lipinski definition) is 4. The summed E-state index contributed by atoms with van der Waals surface area (Å²) in [6, 6.07) is 17.0. The summed E-state index contributed by atoms with van der Waals surface area (Å²) >= 11 is 0. The molecule has 166 valence electrons. The van der Waals surface area contributed by atoms with Crippen molar-refractivity contribution in [1.82, 2.24) is 14.9 Å². The van der Waals surface area contributed by atoms with Gasteiger partial charge in [-0.3, -0.25) is 9.59 Å². The number of amides is 2. The molecule has 32 heavy (non-hydrogen) atoms. The van der Waals surface area contributed by atoms with Crippen LogP contribution < -0.4 is 15.4 Å². The highest BCUT2D eigenvalue weighted by atomic mass is 16.5. The van der Waals surface area contributed by atoms with Gasteiger partial charge in [0.05, 0.1) is 5.69 Å². The second-order valence-corrected chi connectivity index (χ2v) is 7.78. The summed E-state index contributed by atoms with van der Waals surface area (Å²) in [5.41, 5.74) is 3.16. The number of ether oxygens (including phenoxy) is 1. The molecule has 0 saturated heterocycles. The summed E-state index contributed by atoms with van der Waals surface area (Å²) < 4.78 is 7.67. The van der Waals surface area contributed by atoms with E-state index in [1.54, 1.807) is 24.3 Å². The SMILES string of the molecule is CCNC(=O)COc1ccc(NC(=O)c2nc(-c3ccccc3)n3c2CCCCC3)cc1. The van der Waals surface area contributed by atoms with Gasteiger partial charge in [-0.1, -0.05) is 36.8 Å². The van der Waals surface area contributed by atoms with Gasteiger partial charge in [0.15, 0.2) is 6.61 Å². The van der Waals surface area contributed by atoms with E-state index in [0.29, 0.717) is 23.7 Å². The zero-order valence-electron chi connectivity index (χ0n) is 18.3. The van der Waals surface area contributed by atoms with Gasteiger partial charge in [-0.25, -0.2) is 4.98 Å². The molecule has 1 aliphatic rings. The Bertz CT molecular complexity index is 1070. The van der Waals surface area contributed by atoms with E-state index >= 15 is 0 Å². The molecule has 0 fully saturated rings. The van der Waals surface area contributed by atoms with Crippen LogP contribution in [-0.4, -0.2) is 34.5 Å². The van der Waals surface area contributed by atoms with Crippen LogP contribution in [0.3, 0.4) is 0 Å². The minimum atomic E-state index is -0.214. The fourth-order valence-electron chi connectivity index (χ4n) is 3.93. The minimum Gasteiger partial charge on any atom is -0.484 e. The van der Waals surface area contributed by atoms with Crippen LogP contribution in [0.25, 0.3) is 11.4 Å². The van der Waals surface area contributed by atoms with E-state index in [2.05, 4.69) is 15.2 Å². The summed E-state index contributed by atoms with van der Waals surface area (Å²) in [5, 5.41) is 5.64. The molecule has 0 saturated carbocycles. The van der Waals surface area contributed by atoms with Gasteiger partial charge in [0.1, 0.15) is 17.3 Å². The molecule has 7 nitrogen and oxygen atoms in total. The van der Waals surface area contributed by atoms with E-state index in [-0.39, 0.29) is 18.4 Å². The topological polar surface area (TPSA) is 85.2 Å². The fraction of sp³-hybridized carbons (Fsp3) is 0.320. The first-order valence-electron chi connectivity index (χ1n) is 11.1. The van der Waals surface area contributed by atoms with Gasteiger partial charge in [-0.15, -0.1) is 0 Å². The Balaban J connectivity index is 1.51. The maximum Gasteiger partial charge on any atom is 0.276 e. The van der Waals surface area contributed by atoms with Crippen LogP contribution in [0.2, 0.25) is 0 Å². The highest BCUT2D eigenvalue weighted by molar-refractivity contribution is 6.04. The van der Waals surface area contributed by atoms with Crippen molar-refractivity contribution in [2.24, 2.45) is 0 Å². The molecule has 0 atom stereocenters. The fourth-order valence-corrected chi connectivity index (χ4v) is 3.93. The molecule has 1 aromatic heterocycles. The summed E-state index contributed by atoms with van der Waals surface area (Å²) in [7, 11) is 0. The normalized spacial score (nSPS) is 13.0. The number of likely N-dealkylation sites (N-methyl/N-ethyl adjacent to an activating group) is 1. The quantitative estimate of drug-likeness (QED) is 0.590. The highest BCUT2D eigenvalue weighted by Crippen LogP contribution is 2.28. The lowest BCUT2D eigenvalue weighted by Gasteiger charge is -2.09. The zero-order chi connectivity index (χ0) is 22.3. The standard InChI is InChI=1S/C25H28N4O3/c1-2-26-22(30)17-32-20-14-12-19(13-15-20)27-25(31)23-21-11-7-4-8-16-29(21)24(28-23)18-9-5-3-6-10-18/h3,5-6,9-10,12-15H,2,4,7-8,11,16-17H2,1H3,(H,26,30)(H,27,31). The minimum absolute atomic E-state index is 0.0391. The monoisotopic (exact) mass is 432 g/mol. The van der Waals surface area contributed by atoms with Gasteiger partial charge in [-0.2, -0.15) is 0 Å². The first-order chi connectivity index (χ1) is 15.7. The summed E-state index contributed by atoms with van der Waals surface area (Å²) in [6.07, 6.45) is 4.13. The lowest BCUT2D eigenvalue weighted by molar-refractivity contribution is -0.122. The Hall–Kier alpha value is -3.61. The lowest BCUT2D eigenvalue weighted by atomic mass is 10.1. The number of carbonyl (C=O) groups excluding carboxylic acids is 2. The molecular weight excluding hydrogens is 404 g/mol. The number of nitrogens with one attached hydrogen (secondary N) is 2. The van der Waals surface area contributed by atoms with Gasteiger partial charge in [0, 0.05) is 24.3 Å². The molecule has 0 spiro atoms. The average Bonchev–Trinajstić information content (AvgIpc) is 3.00. The second kappa shape index (κ2) is 10.1. The molecule has 0 unspecified atom stereocenters. The van der Waals surface area contributed by atoms with Crippen LogP contribution in [0.4, 0.5) is 5.69 Å². The molecule has 2 heterocycles. The summed E-state index contributed by atoms with van der Waals surface area (Å²) in [4.78, 5) is 29.4. The Labute approximate surface area is 187 Å². The molecule has 2 aromatic carbocycles. The number of anilines is 1. The van der Waals surface area contributed by atoms with Gasteiger partial charge >= 0.3 is 0 Å². The number of carbonyl (C=O) groups is 2. The molecule has 1 aliphatic heterocycles. The van der Waals surface area contributed by atoms with Gasteiger partial charge < -0.3 is 19.9 Å². The Morgan fingerprint density at radius 1 is 1.03 bits per heavy atom. The van der Waals surface area contributed by atoms with Crippen LogP contribution in [0, 0.1) is 0 Å². The Morgan fingerprint density at radius 3 is 2.56 bits per heavy atom. The highest BCUT2D eigenvalue weighted by Gasteiger charge is 2.24. The van der Waals surface area contributed by atoms with E-state index in [9.17, 15) is 9.59 Å². The molecule has 3 aromatic rings. The third kappa shape index (κ3) is 4.99. The van der Waals surface area contributed by atoms with Crippen molar-refractivity contribution in [3.05, 3.63) is 66.0 Å². The molecular formula is C25H28N4O3. The third-order valence-electron chi connectivity index (χ3n) is 5.47. The Kier molecular flexibility index (Phi) is 6.84. The molecule has 2 amide bonds. The number of fused-ring (bicyclic) bond motifs is 1. The van der Waals surface area contributed by atoms with Gasteiger partial charge in [0.25, 0.3) is 11.8 Å². The summed E-state index contributed by atoms with van der Waals surface area (Å²) in [5.74, 6) is 1.03. The number of benzene rings is 2. The second-order valence-electron chi connectivity index (χ2n) is 7.78. The van der Waals surface area contributed by atoms with E-state index in [1.807, 2.05) is 37.3 Å². The van der Waals surface area contributed by atoms with Crippen molar-refractivity contribution in [1.29, 1.82) is 0 Å². The molecule has 4 rings (SSSR count). The smallest absolute Gasteiger partial charge is 0.276 e. The van der Waals surface area contributed by atoms with Crippen molar-refractivity contribution in [2.45, 2.75) is 39.2 Å². The van der Waals surface area contributed by atoms with Crippen LogP contribution in [0.15, 0.2) is 54.6 Å². The van der Waals surface area contributed by atoms with E-state index < -0.39 is 0 Å². The van der Waals surface area contributed by atoms with Crippen molar-refractivity contribution >= 4 is 17.5 Å². The molecule has 2 N–H and O–H groups in total. The van der Waals surface area contributed by atoms with Crippen molar-refractivity contribution in [3.63, 3.8) is 0 Å². The molecule has 7 heteroatoms. The average molecular weight is 433 g/mol. The van der Waals surface area contributed by atoms with Crippen molar-refractivity contribution < 1.29 is 14.3 Å². The molecule has 0 radical (unpaired) electrons. The number of hydrogen-bond donors (Lipinski definition) is 2. The van der Waals surface area contributed by atoms with Crippen molar-refractivity contribution in [3.8, 4) is 17.1 Å². The van der Waals surface area contributed by atoms with Crippen LogP contribution in [0.5, 0.6) is 5.75 Å². The first-order valence-corrected chi connectivity index (χ1v) is 11.1. The summed E-state index contributed by atoms with van der Waals surface area (Å²) in [6.45, 7) is 3.26. The molecule has 0 bridgehead atoms. The zero-order valence-corrected chi connectivity index (χ0v) is 18.3. The number of aromatic nitrogens is 2. The lowest BCUT2D eigenvalue weighted by Crippen LogP contribution is -2.28. The van der Waals surface area contributed by atoms with E-state index in [4.69, 9.17) is 9.72 Å². The maximum atomic E-state index is 13.1. The van der Waals surface area contributed by atoms with Crippen LogP contribution in [0.1, 0.15) is 42.4 Å². The Morgan fingerprint density at radius 2 is 1.81 bits per heavy atom. The van der Waals surface area contributed by atoms with Crippen LogP contribution >= 0.6 is 0 Å².